The van der Waals surface area contributed by atoms with E-state index in [0.717, 1.165) is 6.07 Å². The number of hydrogen-bond acceptors (Lipinski definition) is 2. The predicted octanol–water partition coefficient (Wildman–Crippen LogP) is 6.52. The van der Waals surface area contributed by atoms with Crippen molar-refractivity contribution in [2.75, 3.05) is 5.32 Å². The van der Waals surface area contributed by atoms with Gasteiger partial charge < -0.3 is 9.73 Å². The lowest BCUT2D eigenvalue weighted by Crippen LogP contribution is -2.16. The molecule has 26 heavy (non-hydrogen) atoms. The average molecular weight is 400 g/mol. The van der Waals surface area contributed by atoms with Crippen molar-refractivity contribution in [3.63, 3.8) is 0 Å². The Labute approximate surface area is 156 Å². The van der Waals surface area contributed by atoms with Crippen LogP contribution >= 0.6 is 23.2 Å². The maximum absolute atomic E-state index is 13.0. The van der Waals surface area contributed by atoms with Gasteiger partial charge in [0.2, 0.25) is 0 Å². The van der Waals surface area contributed by atoms with Gasteiger partial charge in [-0.15, -0.1) is 0 Å². The van der Waals surface area contributed by atoms with Gasteiger partial charge in [-0.3, -0.25) is 4.79 Å². The van der Waals surface area contributed by atoms with Crippen LogP contribution in [-0.2, 0) is 6.18 Å². The summed E-state index contributed by atoms with van der Waals surface area (Å²) in [7, 11) is 0. The van der Waals surface area contributed by atoms with E-state index in [1.807, 2.05) is 0 Å². The van der Waals surface area contributed by atoms with Crippen LogP contribution in [0.3, 0.4) is 0 Å². The second-order valence-electron chi connectivity index (χ2n) is 5.29. The van der Waals surface area contributed by atoms with Gasteiger partial charge in [-0.2, -0.15) is 13.2 Å². The van der Waals surface area contributed by atoms with Crippen LogP contribution in [0.25, 0.3) is 11.3 Å². The fraction of sp³-hybridized carbons (Fsp3) is 0.0556. The number of furan rings is 1. The zero-order valence-electron chi connectivity index (χ0n) is 12.9. The lowest BCUT2D eigenvalue weighted by Gasteiger charge is -2.12. The molecule has 3 rings (SSSR count). The van der Waals surface area contributed by atoms with Crippen molar-refractivity contribution < 1.29 is 22.4 Å². The molecule has 8 heteroatoms. The molecule has 1 heterocycles. The Hall–Kier alpha value is -2.44. The van der Waals surface area contributed by atoms with E-state index in [1.165, 1.54) is 36.4 Å². The predicted molar refractivity (Wildman–Crippen MR) is 93.6 cm³/mol. The smallest absolute Gasteiger partial charge is 0.418 e. The van der Waals surface area contributed by atoms with Gasteiger partial charge in [-0.25, -0.2) is 0 Å². The highest BCUT2D eigenvalue weighted by Gasteiger charge is 2.33. The number of benzene rings is 2. The van der Waals surface area contributed by atoms with Crippen LogP contribution in [0.1, 0.15) is 16.1 Å². The first-order chi connectivity index (χ1) is 12.3. The van der Waals surface area contributed by atoms with E-state index in [-0.39, 0.29) is 11.4 Å². The zero-order chi connectivity index (χ0) is 18.9. The molecule has 0 aliphatic rings. The maximum atomic E-state index is 13.0. The van der Waals surface area contributed by atoms with Crippen molar-refractivity contribution in [2.24, 2.45) is 0 Å². The lowest BCUT2D eigenvalue weighted by molar-refractivity contribution is -0.136. The molecule has 2 aromatic carbocycles. The number of carbonyl (C=O) groups is 1. The number of carbonyl (C=O) groups excluding carboxylic acids is 1. The number of anilines is 1. The van der Waals surface area contributed by atoms with Crippen LogP contribution in [0.15, 0.2) is 59.0 Å². The van der Waals surface area contributed by atoms with E-state index in [9.17, 15) is 18.0 Å². The molecule has 1 aromatic heterocycles. The van der Waals surface area contributed by atoms with Crippen molar-refractivity contribution >= 4 is 34.8 Å². The summed E-state index contributed by atoms with van der Waals surface area (Å²) in [5, 5.41) is 2.97. The number of para-hydroxylation sites is 1. The van der Waals surface area contributed by atoms with Crippen molar-refractivity contribution in [3.05, 3.63) is 76.0 Å². The highest BCUT2D eigenvalue weighted by atomic mass is 35.5. The summed E-state index contributed by atoms with van der Waals surface area (Å²) < 4.78 is 44.4. The fourth-order valence-corrected chi connectivity index (χ4v) is 2.82. The zero-order valence-corrected chi connectivity index (χ0v) is 14.4. The minimum Gasteiger partial charge on any atom is -0.451 e. The number of alkyl halides is 3. The summed E-state index contributed by atoms with van der Waals surface area (Å²) in [5.41, 5.74) is -0.792. The van der Waals surface area contributed by atoms with Crippen molar-refractivity contribution in [1.29, 1.82) is 0 Å². The Bertz CT molecular complexity index is 967. The molecule has 0 spiro atoms. The number of nitrogens with one attached hydrogen (secondary N) is 1. The average Bonchev–Trinajstić information content (AvgIpc) is 3.04. The molecule has 1 amide bonds. The molecule has 0 aliphatic heterocycles. The Morgan fingerprint density at radius 3 is 2.42 bits per heavy atom. The molecule has 134 valence electrons. The monoisotopic (exact) mass is 399 g/mol. The third-order valence-corrected chi connectivity index (χ3v) is 4.05. The summed E-state index contributed by atoms with van der Waals surface area (Å²) in [6, 6.07) is 12.3. The van der Waals surface area contributed by atoms with Crippen molar-refractivity contribution in [3.8, 4) is 11.3 Å². The third kappa shape index (κ3) is 3.86. The molecule has 3 nitrogen and oxygen atoms in total. The third-order valence-electron chi connectivity index (χ3n) is 3.51. The molecule has 0 bridgehead atoms. The molecule has 3 aromatic rings. The summed E-state index contributed by atoms with van der Waals surface area (Å²) >= 11 is 11.9. The summed E-state index contributed by atoms with van der Waals surface area (Å²) in [5.74, 6) is -0.665. The van der Waals surface area contributed by atoms with E-state index >= 15 is 0 Å². The molecule has 0 aliphatic carbocycles. The van der Waals surface area contributed by atoms with Crippen LogP contribution in [-0.4, -0.2) is 5.91 Å². The molecule has 0 unspecified atom stereocenters. The largest absolute Gasteiger partial charge is 0.451 e. The van der Waals surface area contributed by atoms with Gasteiger partial charge in [0.1, 0.15) is 5.76 Å². The first-order valence-corrected chi connectivity index (χ1v) is 8.04. The molecule has 1 N–H and O–H groups in total. The minimum absolute atomic E-state index is 0.150. The second-order valence-corrected chi connectivity index (χ2v) is 6.13. The summed E-state index contributed by atoms with van der Waals surface area (Å²) in [4.78, 5) is 12.3. The fourth-order valence-electron chi connectivity index (χ4n) is 2.32. The number of halogens is 5. The topological polar surface area (TPSA) is 42.2 Å². The number of amides is 1. The van der Waals surface area contributed by atoms with Gasteiger partial charge in [-0.05, 0) is 42.5 Å². The van der Waals surface area contributed by atoms with Crippen LogP contribution in [0.2, 0.25) is 10.0 Å². The van der Waals surface area contributed by atoms with Crippen LogP contribution in [0.4, 0.5) is 18.9 Å². The van der Waals surface area contributed by atoms with E-state index in [1.54, 1.807) is 12.1 Å². The Morgan fingerprint density at radius 1 is 1.00 bits per heavy atom. The molecule has 0 saturated heterocycles. The highest BCUT2D eigenvalue weighted by Crippen LogP contribution is 2.35. The molecular weight excluding hydrogens is 390 g/mol. The standard InChI is InChI=1S/C18H10Cl2F3NO2/c19-10-5-6-11(13(20)9-10)15-7-8-16(26-15)17(25)24-14-4-2-1-3-12(14)18(21,22)23/h1-9H,(H,24,25). The highest BCUT2D eigenvalue weighted by molar-refractivity contribution is 6.36. The van der Waals surface area contributed by atoms with Gasteiger partial charge in [0.05, 0.1) is 16.3 Å². The van der Waals surface area contributed by atoms with Crippen LogP contribution in [0, 0.1) is 0 Å². The summed E-state index contributed by atoms with van der Waals surface area (Å²) in [6.07, 6.45) is -4.59. The molecule has 0 saturated carbocycles. The van der Waals surface area contributed by atoms with Gasteiger partial charge in [0, 0.05) is 10.6 Å². The summed E-state index contributed by atoms with van der Waals surface area (Å²) in [6.45, 7) is 0. The van der Waals surface area contributed by atoms with Crippen LogP contribution < -0.4 is 5.32 Å². The molecule has 0 radical (unpaired) electrons. The number of rotatable bonds is 3. The first-order valence-electron chi connectivity index (χ1n) is 7.28. The van der Waals surface area contributed by atoms with Crippen molar-refractivity contribution in [2.45, 2.75) is 6.18 Å². The van der Waals surface area contributed by atoms with Gasteiger partial charge in [0.25, 0.3) is 5.91 Å². The minimum atomic E-state index is -4.59. The molecule has 0 atom stereocenters. The van der Waals surface area contributed by atoms with E-state index in [2.05, 4.69) is 5.32 Å². The first kappa shape index (κ1) is 18.4. The normalized spacial score (nSPS) is 11.4. The van der Waals surface area contributed by atoms with E-state index in [4.69, 9.17) is 27.6 Å². The van der Waals surface area contributed by atoms with Crippen LogP contribution in [0.5, 0.6) is 0 Å². The SMILES string of the molecule is O=C(Nc1ccccc1C(F)(F)F)c1ccc(-c2ccc(Cl)cc2Cl)o1. The second kappa shape index (κ2) is 7.05. The molecular formula is C18H10Cl2F3NO2. The Morgan fingerprint density at radius 2 is 1.73 bits per heavy atom. The van der Waals surface area contributed by atoms with E-state index in [0.29, 0.717) is 21.4 Å². The Balaban J connectivity index is 1.86. The van der Waals surface area contributed by atoms with E-state index < -0.39 is 17.6 Å². The lowest BCUT2D eigenvalue weighted by atomic mass is 10.1. The van der Waals surface area contributed by atoms with Crippen molar-refractivity contribution in [1.82, 2.24) is 0 Å². The quantitative estimate of drug-likeness (QED) is 0.544. The Kier molecular flexibility index (Phi) is 4.98. The maximum Gasteiger partial charge on any atom is 0.418 e. The number of hydrogen-bond donors (Lipinski definition) is 1. The molecule has 0 fully saturated rings. The van der Waals surface area contributed by atoms with Gasteiger partial charge in [-0.1, -0.05) is 35.3 Å². The van der Waals surface area contributed by atoms with Gasteiger partial charge in [0.15, 0.2) is 5.76 Å². The van der Waals surface area contributed by atoms with Gasteiger partial charge >= 0.3 is 6.18 Å².